The van der Waals surface area contributed by atoms with Gasteiger partial charge in [-0.05, 0) is 30.5 Å². The van der Waals surface area contributed by atoms with Crippen LogP contribution in [0.2, 0.25) is 0 Å². The number of sulfone groups is 1. The monoisotopic (exact) mass is 392 g/mol. The molecule has 0 radical (unpaired) electrons. The molecule has 1 atom stereocenters. The number of carbonyl (C=O) groups excluding carboxylic acids is 1. The van der Waals surface area contributed by atoms with Crippen LogP contribution in [0, 0.1) is 5.82 Å². The Bertz CT molecular complexity index is 936. The SMILES string of the molecule is CN(c1nccc(C(=O)NCCc2ccccc2F)n1)C1CCS(=O)(=O)C1. The molecule has 1 aliphatic heterocycles. The first-order valence-electron chi connectivity index (χ1n) is 8.63. The van der Waals surface area contributed by atoms with Crippen LogP contribution in [-0.2, 0) is 16.3 Å². The van der Waals surface area contributed by atoms with Crippen LogP contribution in [0.25, 0.3) is 0 Å². The number of amides is 1. The summed E-state index contributed by atoms with van der Waals surface area (Å²) in [6.45, 7) is 0.274. The topological polar surface area (TPSA) is 92.3 Å². The average Bonchev–Trinajstić information content (AvgIpc) is 3.02. The van der Waals surface area contributed by atoms with Gasteiger partial charge in [-0.25, -0.2) is 22.8 Å². The molecule has 1 aromatic heterocycles. The Kier molecular flexibility index (Phi) is 5.69. The minimum atomic E-state index is -3.02. The van der Waals surface area contributed by atoms with Gasteiger partial charge < -0.3 is 10.2 Å². The summed E-state index contributed by atoms with van der Waals surface area (Å²) in [7, 11) is -1.30. The Morgan fingerprint density at radius 1 is 1.33 bits per heavy atom. The summed E-state index contributed by atoms with van der Waals surface area (Å²) in [5.74, 6) is -0.171. The van der Waals surface area contributed by atoms with Gasteiger partial charge in [0.2, 0.25) is 5.95 Å². The maximum Gasteiger partial charge on any atom is 0.270 e. The number of carbonyl (C=O) groups is 1. The Morgan fingerprint density at radius 3 is 2.81 bits per heavy atom. The number of rotatable bonds is 6. The van der Waals surface area contributed by atoms with Crippen molar-refractivity contribution in [1.82, 2.24) is 15.3 Å². The minimum Gasteiger partial charge on any atom is -0.350 e. The lowest BCUT2D eigenvalue weighted by Crippen LogP contribution is -2.34. The van der Waals surface area contributed by atoms with E-state index in [1.807, 2.05) is 0 Å². The molecule has 7 nitrogen and oxygen atoms in total. The number of hydrogen-bond donors (Lipinski definition) is 1. The van der Waals surface area contributed by atoms with Gasteiger partial charge >= 0.3 is 0 Å². The number of halogens is 1. The van der Waals surface area contributed by atoms with Crippen LogP contribution >= 0.6 is 0 Å². The molecule has 1 N–H and O–H groups in total. The predicted octanol–water partition coefficient (Wildman–Crippen LogP) is 1.21. The smallest absolute Gasteiger partial charge is 0.270 e. The maximum absolute atomic E-state index is 13.6. The third-order valence-electron chi connectivity index (χ3n) is 4.58. The zero-order chi connectivity index (χ0) is 19.4. The number of aromatic nitrogens is 2. The van der Waals surface area contributed by atoms with E-state index in [4.69, 9.17) is 0 Å². The van der Waals surface area contributed by atoms with Crippen molar-refractivity contribution in [3.05, 3.63) is 53.6 Å². The van der Waals surface area contributed by atoms with Gasteiger partial charge in [0.05, 0.1) is 11.5 Å². The zero-order valence-corrected chi connectivity index (χ0v) is 15.7. The second-order valence-electron chi connectivity index (χ2n) is 6.51. The molecule has 2 heterocycles. The van der Waals surface area contributed by atoms with Gasteiger partial charge in [0, 0.05) is 25.8 Å². The Morgan fingerprint density at radius 2 is 2.11 bits per heavy atom. The zero-order valence-electron chi connectivity index (χ0n) is 14.9. The van der Waals surface area contributed by atoms with Crippen LogP contribution < -0.4 is 10.2 Å². The molecule has 0 saturated carbocycles. The molecule has 27 heavy (non-hydrogen) atoms. The van der Waals surface area contributed by atoms with Crippen LogP contribution in [0.1, 0.15) is 22.5 Å². The van der Waals surface area contributed by atoms with Crippen molar-refractivity contribution in [2.24, 2.45) is 0 Å². The van der Waals surface area contributed by atoms with E-state index in [9.17, 15) is 17.6 Å². The van der Waals surface area contributed by atoms with Crippen molar-refractivity contribution >= 4 is 21.7 Å². The molecule has 9 heteroatoms. The fourth-order valence-electron chi connectivity index (χ4n) is 2.99. The summed E-state index contributed by atoms with van der Waals surface area (Å²) in [6, 6.07) is 7.71. The molecule has 1 unspecified atom stereocenters. The van der Waals surface area contributed by atoms with Gasteiger partial charge in [-0.2, -0.15) is 0 Å². The van der Waals surface area contributed by atoms with E-state index in [0.29, 0.717) is 24.4 Å². The van der Waals surface area contributed by atoms with Crippen LogP contribution in [-0.4, -0.2) is 55.4 Å². The summed E-state index contributed by atoms with van der Waals surface area (Å²) < 4.78 is 36.9. The molecular formula is C18H21FN4O3S. The second kappa shape index (κ2) is 7.99. The third kappa shape index (κ3) is 4.79. The lowest BCUT2D eigenvalue weighted by atomic mass is 10.1. The Hall–Kier alpha value is -2.55. The van der Waals surface area contributed by atoms with Crippen molar-refractivity contribution in [2.75, 3.05) is 30.0 Å². The molecule has 0 aliphatic carbocycles. The number of hydrogen-bond acceptors (Lipinski definition) is 6. The van der Waals surface area contributed by atoms with E-state index in [0.717, 1.165) is 0 Å². The first-order chi connectivity index (χ1) is 12.9. The van der Waals surface area contributed by atoms with E-state index in [2.05, 4.69) is 15.3 Å². The number of anilines is 1. The average molecular weight is 392 g/mol. The highest BCUT2D eigenvalue weighted by Crippen LogP contribution is 2.20. The lowest BCUT2D eigenvalue weighted by molar-refractivity contribution is 0.0949. The molecule has 3 rings (SSSR count). The Labute approximate surface area is 157 Å². The summed E-state index contributed by atoms with van der Waals surface area (Å²) in [4.78, 5) is 22.4. The molecular weight excluding hydrogens is 371 g/mol. The minimum absolute atomic E-state index is 0.0614. The first-order valence-corrected chi connectivity index (χ1v) is 10.5. The number of nitrogens with zero attached hydrogens (tertiary/aromatic N) is 3. The van der Waals surface area contributed by atoms with Gasteiger partial charge in [0.1, 0.15) is 11.5 Å². The molecule has 0 bridgehead atoms. The normalized spacial score (nSPS) is 18.2. The van der Waals surface area contributed by atoms with Gasteiger partial charge in [-0.3, -0.25) is 4.79 Å². The van der Waals surface area contributed by atoms with E-state index in [-0.39, 0.29) is 41.5 Å². The molecule has 1 aromatic carbocycles. The van der Waals surface area contributed by atoms with Crippen molar-refractivity contribution in [1.29, 1.82) is 0 Å². The van der Waals surface area contributed by atoms with Crippen LogP contribution in [0.3, 0.4) is 0 Å². The predicted molar refractivity (Wildman–Crippen MR) is 99.9 cm³/mol. The van der Waals surface area contributed by atoms with E-state index < -0.39 is 9.84 Å². The summed E-state index contributed by atoms with van der Waals surface area (Å²) >= 11 is 0. The first kappa shape index (κ1) is 19.2. The van der Waals surface area contributed by atoms with Gasteiger partial charge in [-0.15, -0.1) is 0 Å². The van der Waals surface area contributed by atoms with Gasteiger partial charge in [0.15, 0.2) is 9.84 Å². The Balaban J connectivity index is 1.61. The molecule has 1 amide bonds. The largest absolute Gasteiger partial charge is 0.350 e. The molecule has 0 spiro atoms. The van der Waals surface area contributed by atoms with Crippen LogP contribution in [0.5, 0.6) is 0 Å². The number of benzene rings is 1. The lowest BCUT2D eigenvalue weighted by Gasteiger charge is -2.23. The molecule has 1 saturated heterocycles. The highest BCUT2D eigenvalue weighted by molar-refractivity contribution is 7.91. The molecule has 144 valence electrons. The quantitative estimate of drug-likeness (QED) is 0.795. The van der Waals surface area contributed by atoms with Crippen molar-refractivity contribution in [3.8, 4) is 0 Å². The fourth-order valence-corrected chi connectivity index (χ4v) is 4.77. The van der Waals surface area contributed by atoms with E-state index in [1.54, 1.807) is 30.1 Å². The summed E-state index contributed by atoms with van der Waals surface area (Å²) in [5.41, 5.74) is 0.713. The van der Waals surface area contributed by atoms with E-state index in [1.165, 1.54) is 18.3 Å². The van der Waals surface area contributed by atoms with Crippen molar-refractivity contribution in [2.45, 2.75) is 18.9 Å². The maximum atomic E-state index is 13.6. The second-order valence-corrected chi connectivity index (χ2v) is 8.74. The molecule has 1 aliphatic rings. The summed E-state index contributed by atoms with van der Waals surface area (Å²) in [5, 5.41) is 2.71. The van der Waals surface area contributed by atoms with Crippen molar-refractivity contribution < 1.29 is 17.6 Å². The van der Waals surface area contributed by atoms with Gasteiger partial charge in [-0.1, -0.05) is 18.2 Å². The van der Waals surface area contributed by atoms with Crippen LogP contribution in [0.15, 0.2) is 36.5 Å². The van der Waals surface area contributed by atoms with Gasteiger partial charge in [0.25, 0.3) is 5.91 Å². The van der Waals surface area contributed by atoms with Crippen LogP contribution in [0.4, 0.5) is 10.3 Å². The number of nitrogens with one attached hydrogen (secondary N) is 1. The standard InChI is InChI=1S/C18H21FN4O3S/c1-23(14-8-11-27(25,26)12-14)18-21-10-7-16(22-18)17(24)20-9-6-13-4-2-3-5-15(13)19/h2-5,7,10,14H,6,8-9,11-12H2,1H3,(H,20,24). The fraction of sp³-hybridized carbons (Fsp3) is 0.389. The van der Waals surface area contributed by atoms with E-state index >= 15 is 0 Å². The molecule has 1 fully saturated rings. The summed E-state index contributed by atoms with van der Waals surface area (Å²) in [6.07, 6.45) is 2.35. The molecule has 2 aromatic rings. The third-order valence-corrected chi connectivity index (χ3v) is 6.34. The highest BCUT2D eigenvalue weighted by atomic mass is 32.2. The van der Waals surface area contributed by atoms with Crippen molar-refractivity contribution in [3.63, 3.8) is 0 Å². The highest BCUT2D eigenvalue weighted by Gasteiger charge is 2.31.